The Morgan fingerprint density at radius 2 is 2.08 bits per heavy atom. The van der Waals surface area contributed by atoms with E-state index in [1.54, 1.807) is 7.11 Å². The predicted octanol–water partition coefficient (Wildman–Crippen LogP) is 3.49. The third-order valence-electron chi connectivity index (χ3n) is 4.99. The second kappa shape index (κ2) is 7.15. The smallest absolute Gasteiger partial charge is 0.251 e. The highest BCUT2D eigenvalue weighted by Crippen LogP contribution is 2.31. The molecule has 0 saturated heterocycles. The van der Waals surface area contributed by atoms with E-state index in [0.29, 0.717) is 18.2 Å². The molecule has 3 aromatic rings. The van der Waals surface area contributed by atoms with Crippen molar-refractivity contribution in [3.63, 3.8) is 0 Å². The molecule has 1 aromatic heterocycles. The van der Waals surface area contributed by atoms with Gasteiger partial charge in [-0.3, -0.25) is 4.79 Å². The average molecular weight is 350 g/mol. The molecule has 1 N–H and O–H groups in total. The highest BCUT2D eigenvalue weighted by molar-refractivity contribution is 5.97. The number of aromatic nitrogens is 3. The van der Waals surface area contributed by atoms with Gasteiger partial charge >= 0.3 is 0 Å². The minimum Gasteiger partial charge on any atom is -0.497 e. The molecule has 0 radical (unpaired) electrons. The molecule has 1 saturated carbocycles. The third kappa shape index (κ3) is 3.27. The number of rotatable bonds is 5. The summed E-state index contributed by atoms with van der Waals surface area (Å²) in [5.74, 6) is 0.659. The summed E-state index contributed by atoms with van der Waals surface area (Å²) in [6, 6.07) is 13.7. The Morgan fingerprint density at radius 3 is 2.88 bits per heavy atom. The molecular weight excluding hydrogens is 328 g/mol. The van der Waals surface area contributed by atoms with Gasteiger partial charge in [0.25, 0.3) is 5.91 Å². The van der Waals surface area contributed by atoms with Crippen LogP contribution in [0.3, 0.4) is 0 Å². The predicted molar refractivity (Wildman–Crippen MR) is 99.2 cm³/mol. The molecule has 26 heavy (non-hydrogen) atoms. The highest BCUT2D eigenvalue weighted by atomic mass is 16.5. The van der Waals surface area contributed by atoms with E-state index < -0.39 is 0 Å². The van der Waals surface area contributed by atoms with Crippen LogP contribution in [0.5, 0.6) is 5.75 Å². The molecule has 4 rings (SSSR count). The molecule has 1 heterocycles. The number of carbonyl (C=O) groups is 1. The van der Waals surface area contributed by atoms with Crippen molar-refractivity contribution in [1.29, 1.82) is 0 Å². The van der Waals surface area contributed by atoms with E-state index in [4.69, 9.17) is 4.74 Å². The van der Waals surface area contributed by atoms with Crippen molar-refractivity contribution in [2.75, 3.05) is 7.11 Å². The number of nitrogens with zero attached hydrogens (tertiary/aromatic N) is 3. The van der Waals surface area contributed by atoms with Crippen LogP contribution < -0.4 is 10.1 Å². The third-order valence-corrected chi connectivity index (χ3v) is 4.99. The molecule has 6 nitrogen and oxygen atoms in total. The molecule has 0 atom stereocenters. The lowest BCUT2D eigenvalue weighted by Gasteiger charge is -2.10. The van der Waals surface area contributed by atoms with Gasteiger partial charge in [-0.05, 0) is 48.7 Å². The van der Waals surface area contributed by atoms with Crippen LogP contribution >= 0.6 is 0 Å². The zero-order chi connectivity index (χ0) is 17.9. The molecule has 134 valence electrons. The zero-order valence-corrected chi connectivity index (χ0v) is 14.8. The summed E-state index contributed by atoms with van der Waals surface area (Å²) in [4.78, 5) is 12.5. The first-order valence-corrected chi connectivity index (χ1v) is 9.00. The van der Waals surface area contributed by atoms with Gasteiger partial charge in [0.05, 0.1) is 18.7 Å². The van der Waals surface area contributed by atoms with Crippen molar-refractivity contribution in [3.05, 3.63) is 53.6 Å². The van der Waals surface area contributed by atoms with Gasteiger partial charge < -0.3 is 10.1 Å². The minimum absolute atomic E-state index is 0.120. The summed E-state index contributed by atoms with van der Waals surface area (Å²) >= 11 is 0. The molecule has 0 unspecified atom stereocenters. The number of methoxy groups -OCH3 is 1. The monoisotopic (exact) mass is 350 g/mol. The minimum atomic E-state index is -0.120. The van der Waals surface area contributed by atoms with Gasteiger partial charge in [-0.1, -0.05) is 30.2 Å². The topological polar surface area (TPSA) is 69.0 Å². The Labute approximate surface area is 152 Å². The number of hydrogen-bond donors (Lipinski definition) is 1. The lowest BCUT2D eigenvalue weighted by atomic mass is 10.1. The van der Waals surface area contributed by atoms with Gasteiger partial charge in [-0.25, -0.2) is 4.68 Å². The van der Waals surface area contributed by atoms with Crippen molar-refractivity contribution >= 4 is 16.9 Å². The molecule has 0 spiro atoms. The van der Waals surface area contributed by atoms with E-state index in [0.717, 1.165) is 35.2 Å². The number of nitrogens with one attached hydrogen (secondary N) is 1. The number of ether oxygens (including phenoxy) is 1. The number of carbonyl (C=O) groups excluding carboxylic acids is 1. The fourth-order valence-electron chi connectivity index (χ4n) is 3.57. The normalized spacial score (nSPS) is 14.7. The van der Waals surface area contributed by atoms with Crippen LogP contribution in [0.25, 0.3) is 11.0 Å². The number of amides is 1. The summed E-state index contributed by atoms with van der Waals surface area (Å²) in [7, 11) is 1.63. The lowest BCUT2D eigenvalue weighted by molar-refractivity contribution is 0.0951. The van der Waals surface area contributed by atoms with E-state index in [1.165, 1.54) is 12.8 Å². The number of hydrogen-bond acceptors (Lipinski definition) is 4. The molecule has 1 amide bonds. The number of fused-ring (bicyclic) bond motifs is 1. The molecule has 0 bridgehead atoms. The van der Waals surface area contributed by atoms with Gasteiger partial charge in [0.2, 0.25) is 0 Å². The summed E-state index contributed by atoms with van der Waals surface area (Å²) in [5, 5.41) is 11.5. The van der Waals surface area contributed by atoms with Crippen molar-refractivity contribution in [1.82, 2.24) is 20.3 Å². The van der Waals surface area contributed by atoms with Crippen molar-refractivity contribution < 1.29 is 9.53 Å². The van der Waals surface area contributed by atoms with E-state index >= 15 is 0 Å². The first-order chi connectivity index (χ1) is 12.7. The summed E-state index contributed by atoms with van der Waals surface area (Å²) in [6.45, 7) is 0.447. The van der Waals surface area contributed by atoms with E-state index in [1.807, 2.05) is 47.1 Å². The Kier molecular flexibility index (Phi) is 4.56. The molecular formula is C20H22N4O2. The van der Waals surface area contributed by atoms with Crippen molar-refractivity contribution in [2.24, 2.45) is 0 Å². The second-order valence-corrected chi connectivity index (χ2v) is 6.71. The first-order valence-electron chi connectivity index (χ1n) is 9.00. The standard InChI is InChI=1S/C20H22N4O2/c1-26-17-8-4-5-14(11-17)13-21-20(25)15-9-10-19-18(12-15)22-23-24(19)16-6-2-3-7-16/h4-5,8-12,16H,2-3,6-7,13H2,1H3,(H,21,25). The molecule has 0 aliphatic heterocycles. The molecule has 6 heteroatoms. The Morgan fingerprint density at radius 1 is 1.23 bits per heavy atom. The average Bonchev–Trinajstić information content (AvgIpc) is 3.35. The van der Waals surface area contributed by atoms with Crippen LogP contribution in [0.15, 0.2) is 42.5 Å². The van der Waals surface area contributed by atoms with Gasteiger partial charge in [0.15, 0.2) is 0 Å². The number of benzene rings is 2. The molecule has 1 fully saturated rings. The zero-order valence-electron chi connectivity index (χ0n) is 14.8. The van der Waals surface area contributed by atoms with Crippen LogP contribution in [-0.2, 0) is 6.54 Å². The van der Waals surface area contributed by atoms with Crippen molar-refractivity contribution in [3.8, 4) is 5.75 Å². The summed E-state index contributed by atoms with van der Waals surface area (Å²) < 4.78 is 7.22. The molecule has 1 aliphatic carbocycles. The maximum Gasteiger partial charge on any atom is 0.251 e. The van der Waals surface area contributed by atoms with Gasteiger partial charge in [-0.15, -0.1) is 5.10 Å². The van der Waals surface area contributed by atoms with Crippen LogP contribution in [0.1, 0.15) is 47.6 Å². The van der Waals surface area contributed by atoms with Crippen LogP contribution in [0, 0.1) is 0 Å². The van der Waals surface area contributed by atoms with E-state index in [9.17, 15) is 4.79 Å². The van der Waals surface area contributed by atoms with Gasteiger partial charge in [0, 0.05) is 12.1 Å². The maximum atomic E-state index is 12.5. The van der Waals surface area contributed by atoms with Gasteiger partial charge in [-0.2, -0.15) is 0 Å². The fraction of sp³-hybridized carbons (Fsp3) is 0.350. The van der Waals surface area contributed by atoms with E-state index in [2.05, 4.69) is 15.6 Å². The maximum absolute atomic E-state index is 12.5. The van der Waals surface area contributed by atoms with Crippen LogP contribution in [-0.4, -0.2) is 28.0 Å². The first kappa shape index (κ1) is 16.6. The quantitative estimate of drug-likeness (QED) is 0.765. The largest absolute Gasteiger partial charge is 0.497 e. The SMILES string of the molecule is COc1cccc(CNC(=O)c2ccc3c(c2)nnn3C2CCCC2)c1. The Bertz CT molecular complexity index is 928. The van der Waals surface area contributed by atoms with Crippen LogP contribution in [0.2, 0.25) is 0 Å². The van der Waals surface area contributed by atoms with E-state index in [-0.39, 0.29) is 5.91 Å². The molecule has 1 aliphatic rings. The lowest BCUT2D eigenvalue weighted by Crippen LogP contribution is -2.22. The summed E-state index contributed by atoms with van der Waals surface area (Å²) in [5.41, 5.74) is 3.36. The van der Waals surface area contributed by atoms with Gasteiger partial charge in [0.1, 0.15) is 11.3 Å². The highest BCUT2D eigenvalue weighted by Gasteiger charge is 2.20. The Balaban J connectivity index is 1.48. The van der Waals surface area contributed by atoms with Crippen molar-refractivity contribution in [2.45, 2.75) is 38.3 Å². The second-order valence-electron chi connectivity index (χ2n) is 6.71. The summed E-state index contributed by atoms with van der Waals surface area (Å²) in [6.07, 6.45) is 4.80. The Hall–Kier alpha value is -2.89. The van der Waals surface area contributed by atoms with Crippen LogP contribution in [0.4, 0.5) is 0 Å². The molecule has 2 aromatic carbocycles. The fourth-order valence-corrected chi connectivity index (χ4v) is 3.57.